The second-order valence-corrected chi connectivity index (χ2v) is 4.54. The summed E-state index contributed by atoms with van der Waals surface area (Å²) in [4.78, 5) is 38.3. The van der Waals surface area contributed by atoms with E-state index >= 15 is 0 Å². The quantitative estimate of drug-likeness (QED) is 0.529. The molecule has 1 N–H and O–H groups in total. The van der Waals surface area contributed by atoms with Crippen molar-refractivity contribution in [3.05, 3.63) is 0 Å². The van der Waals surface area contributed by atoms with Gasteiger partial charge in [-0.3, -0.25) is 9.59 Å². The fraction of sp³-hybridized carbons (Fsp3) is 0.769. The smallest absolute Gasteiger partial charge is 0.396 e. The number of hydrogen-bond donors (Lipinski definition) is 1. The fourth-order valence-corrected chi connectivity index (χ4v) is 2.02. The minimum absolute atomic E-state index is 0.00455. The Morgan fingerprint density at radius 2 is 1.75 bits per heavy atom. The van der Waals surface area contributed by atoms with Crippen LogP contribution in [0.1, 0.15) is 20.3 Å². The van der Waals surface area contributed by atoms with Crippen LogP contribution in [0.15, 0.2) is 0 Å². The summed E-state index contributed by atoms with van der Waals surface area (Å²) in [5.41, 5.74) is 0. The fourth-order valence-electron chi connectivity index (χ4n) is 2.02. The van der Waals surface area contributed by atoms with Crippen LogP contribution < -0.4 is 5.32 Å². The maximum absolute atomic E-state index is 11.9. The first-order valence-electron chi connectivity index (χ1n) is 7.03. The molecule has 0 atom stereocenters. The molecule has 7 nitrogen and oxygen atoms in total. The molecule has 1 heterocycles. The molecule has 114 valence electrons. The Hall–Kier alpha value is -1.63. The van der Waals surface area contributed by atoms with E-state index in [0.29, 0.717) is 0 Å². The Balaban J connectivity index is 2.20. The largest absolute Gasteiger partial charge is 0.459 e. The maximum Gasteiger partial charge on any atom is 0.396 e. The molecule has 7 heteroatoms. The van der Waals surface area contributed by atoms with Crippen molar-refractivity contribution in [3.63, 3.8) is 0 Å². The van der Waals surface area contributed by atoms with Crippen molar-refractivity contribution < 1.29 is 19.1 Å². The van der Waals surface area contributed by atoms with Crippen molar-refractivity contribution >= 4 is 17.8 Å². The zero-order valence-electron chi connectivity index (χ0n) is 12.2. The molecule has 20 heavy (non-hydrogen) atoms. The van der Waals surface area contributed by atoms with Crippen molar-refractivity contribution in [1.29, 1.82) is 0 Å². The molecule has 0 aromatic carbocycles. The van der Waals surface area contributed by atoms with Gasteiger partial charge in [0.2, 0.25) is 5.91 Å². The number of hydrogen-bond acceptors (Lipinski definition) is 5. The van der Waals surface area contributed by atoms with Crippen molar-refractivity contribution in [1.82, 2.24) is 15.1 Å². The van der Waals surface area contributed by atoms with Gasteiger partial charge in [0, 0.05) is 39.1 Å². The number of carbonyl (C=O) groups is 3. The molecule has 0 aromatic rings. The summed E-state index contributed by atoms with van der Waals surface area (Å²) in [6, 6.07) is 0. The molecule has 1 aliphatic heterocycles. The van der Waals surface area contributed by atoms with Crippen LogP contribution >= 0.6 is 0 Å². The van der Waals surface area contributed by atoms with Crippen molar-refractivity contribution in [2.75, 3.05) is 45.9 Å². The summed E-state index contributed by atoms with van der Waals surface area (Å²) >= 11 is 0. The molecular weight excluding hydrogens is 262 g/mol. The van der Waals surface area contributed by atoms with Gasteiger partial charge in [-0.15, -0.1) is 0 Å². The Morgan fingerprint density at radius 3 is 2.30 bits per heavy atom. The van der Waals surface area contributed by atoms with Crippen LogP contribution in [0, 0.1) is 0 Å². The molecule has 0 spiro atoms. The lowest BCUT2D eigenvalue weighted by Gasteiger charge is -2.34. The van der Waals surface area contributed by atoms with E-state index < -0.39 is 11.9 Å². The standard InChI is InChI=1S/C13H23N3O4/c1-3-15-7-9-16(10-8-15)11(17)5-6-14-12(18)13(19)20-4-2/h3-10H2,1-2H3,(H,14,18). The molecule has 0 unspecified atom stereocenters. The highest BCUT2D eigenvalue weighted by Gasteiger charge is 2.20. The highest BCUT2D eigenvalue weighted by Crippen LogP contribution is 2.02. The molecule has 1 rings (SSSR count). The summed E-state index contributed by atoms with van der Waals surface area (Å²) in [5.74, 6) is -1.70. The van der Waals surface area contributed by atoms with E-state index in [2.05, 4.69) is 21.9 Å². The van der Waals surface area contributed by atoms with Gasteiger partial charge in [-0.2, -0.15) is 0 Å². The van der Waals surface area contributed by atoms with E-state index in [1.54, 1.807) is 11.8 Å². The highest BCUT2D eigenvalue weighted by atomic mass is 16.5. The third kappa shape index (κ3) is 5.16. The lowest BCUT2D eigenvalue weighted by atomic mass is 10.2. The molecule has 0 aliphatic carbocycles. The summed E-state index contributed by atoms with van der Waals surface area (Å²) < 4.78 is 4.55. The Labute approximate surface area is 119 Å². The second-order valence-electron chi connectivity index (χ2n) is 4.54. The lowest BCUT2D eigenvalue weighted by molar-refractivity contribution is -0.154. The number of nitrogens with one attached hydrogen (secondary N) is 1. The predicted octanol–water partition coefficient (Wildman–Crippen LogP) is -0.780. The third-order valence-electron chi connectivity index (χ3n) is 3.26. The number of esters is 1. The Morgan fingerprint density at radius 1 is 1.10 bits per heavy atom. The van der Waals surface area contributed by atoms with Gasteiger partial charge in [-0.05, 0) is 13.5 Å². The van der Waals surface area contributed by atoms with E-state index in [0.717, 1.165) is 32.7 Å². The first kappa shape index (κ1) is 16.4. The molecule has 1 fully saturated rings. The molecule has 2 amide bonds. The van der Waals surface area contributed by atoms with Gasteiger partial charge in [0.1, 0.15) is 0 Å². The number of rotatable bonds is 5. The molecule has 1 saturated heterocycles. The molecular formula is C13H23N3O4. The monoisotopic (exact) mass is 285 g/mol. The average molecular weight is 285 g/mol. The van der Waals surface area contributed by atoms with Crippen LogP contribution in [-0.2, 0) is 19.1 Å². The molecule has 0 saturated carbocycles. The molecule has 1 aliphatic rings. The van der Waals surface area contributed by atoms with E-state index in [1.165, 1.54) is 0 Å². The van der Waals surface area contributed by atoms with Gasteiger partial charge in [0.25, 0.3) is 0 Å². The summed E-state index contributed by atoms with van der Waals surface area (Å²) in [6.45, 7) is 8.26. The molecule has 0 bridgehead atoms. The molecule has 0 aromatic heterocycles. The minimum atomic E-state index is -0.906. The van der Waals surface area contributed by atoms with E-state index in [1.807, 2.05) is 0 Å². The van der Waals surface area contributed by atoms with Gasteiger partial charge >= 0.3 is 11.9 Å². The van der Waals surface area contributed by atoms with Gasteiger partial charge in [-0.1, -0.05) is 6.92 Å². The summed E-state index contributed by atoms with van der Waals surface area (Å²) in [7, 11) is 0. The zero-order valence-corrected chi connectivity index (χ0v) is 12.2. The number of piperazine rings is 1. The number of likely N-dealkylation sites (N-methyl/N-ethyl adjacent to an activating group) is 1. The highest BCUT2D eigenvalue weighted by molar-refractivity contribution is 6.32. The van der Waals surface area contributed by atoms with Crippen molar-refractivity contribution in [3.8, 4) is 0 Å². The minimum Gasteiger partial charge on any atom is -0.459 e. The number of ether oxygens (including phenoxy) is 1. The SMILES string of the molecule is CCOC(=O)C(=O)NCCC(=O)N1CCN(CC)CC1. The first-order valence-corrected chi connectivity index (χ1v) is 7.03. The number of carbonyl (C=O) groups excluding carboxylic acids is 3. The van der Waals surface area contributed by atoms with Gasteiger partial charge in [-0.25, -0.2) is 4.79 Å². The Bertz CT molecular complexity index is 352. The van der Waals surface area contributed by atoms with Gasteiger partial charge < -0.3 is 19.9 Å². The normalized spacial score (nSPS) is 15.8. The van der Waals surface area contributed by atoms with Crippen LogP contribution in [0.5, 0.6) is 0 Å². The van der Waals surface area contributed by atoms with E-state index in [-0.39, 0.29) is 25.5 Å². The zero-order chi connectivity index (χ0) is 15.0. The van der Waals surface area contributed by atoms with Crippen LogP contribution in [0.2, 0.25) is 0 Å². The van der Waals surface area contributed by atoms with Crippen LogP contribution in [0.3, 0.4) is 0 Å². The van der Waals surface area contributed by atoms with Gasteiger partial charge in [0.15, 0.2) is 0 Å². The topological polar surface area (TPSA) is 78.9 Å². The summed E-state index contributed by atoms with van der Waals surface area (Å²) in [6.07, 6.45) is 0.206. The third-order valence-corrected chi connectivity index (χ3v) is 3.26. The van der Waals surface area contributed by atoms with E-state index in [4.69, 9.17) is 0 Å². The van der Waals surface area contributed by atoms with Crippen LogP contribution in [0.25, 0.3) is 0 Å². The van der Waals surface area contributed by atoms with E-state index in [9.17, 15) is 14.4 Å². The van der Waals surface area contributed by atoms with Gasteiger partial charge in [0.05, 0.1) is 6.61 Å². The van der Waals surface area contributed by atoms with Crippen LogP contribution in [0.4, 0.5) is 0 Å². The number of nitrogens with zero attached hydrogens (tertiary/aromatic N) is 2. The van der Waals surface area contributed by atoms with Crippen molar-refractivity contribution in [2.45, 2.75) is 20.3 Å². The maximum atomic E-state index is 11.9. The predicted molar refractivity (Wildman–Crippen MR) is 73.0 cm³/mol. The summed E-state index contributed by atoms with van der Waals surface area (Å²) in [5, 5.41) is 2.39. The molecule has 0 radical (unpaired) electrons. The lowest BCUT2D eigenvalue weighted by Crippen LogP contribution is -2.49. The first-order chi connectivity index (χ1) is 9.58. The number of amides is 2. The van der Waals surface area contributed by atoms with Crippen molar-refractivity contribution in [2.24, 2.45) is 0 Å². The second kappa shape index (κ2) is 8.52. The van der Waals surface area contributed by atoms with Crippen LogP contribution in [-0.4, -0.2) is 73.5 Å². The average Bonchev–Trinajstić information content (AvgIpc) is 2.47. The Kier molecular flexibility index (Phi) is 7.00.